The molecule has 0 unspecified atom stereocenters. The first kappa shape index (κ1) is 15.3. The van der Waals surface area contributed by atoms with Gasteiger partial charge < -0.3 is 5.32 Å². The molecule has 2 aromatic heterocycles. The molecule has 3 rings (SSSR count). The van der Waals surface area contributed by atoms with Gasteiger partial charge in [-0.3, -0.25) is 14.2 Å². The fourth-order valence-electron chi connectivity index (χ4n) is 2.07. The second-order valence-electron chi connectivity index (χ2n) is 4.81. The molecule has 0 bridgehead atoms. The molecule has 118 valence electrons. The van der Waals surface area contributed by atoms with Crippen molar-refractivity contribution < 1.29 is 13.6 Å². The van der Waals surface area contributed by atoms with Crippen LogP contribution >= 0.6 is 11.3 Å². The molecule has 0 spiro atoms. The number of rotatable bonds is 4. The summed E-state index contributed by atoms with van der Waals surface area (Å²) in [6, 6.07) is 4.79. The van der Waals surface area contributed by atoms with Crippen molar-refractivity contribution >= 4 is 33.1 Å². The van der Waals surface area contributed by atoms with E-state index in [1.165, 1.54) is 28.3 Å². The van der Waals surface area contributed by atoms with Gasteiger partial charge in [0.2, 0.25) is 5.91 Å². The number of nitrogens with zero attached hydrogens (tertiary/aromatic N) is 2. The lowest BCUT2D eigenvalue weighted by molar-refractivity contribution is -0.116. The molecule has 0 saturated carbocycles. The Morgan fingerprint density at radius 2 is 2.09 bits per heavy atom. The molecule has 0 aliphatic carbocycles. The van der Waals surface area contributed by atoms with Gasteiger partial charge in [0.05, 0.1) is 11.7 Å². The normalized spacial score (nSPS) is 10.9. The Bertz CT molecular complexity index is 936. The second kappa shape index (κ2) is 6.25. The van der Waals surface area contributed by atoms with Gasteiger partial charge in [0.15, 0.2) is 11.6 Å². The van der Waals surface area contributed by atoms with Gasteiger partial charge in [-0.2, -0.15) is 0 Å². The highest BCUT2D eigenvalue weighted by atomic mass is 32.1. The van der Waals surface area contributed by atoms with Crippen LogP contribution in [0, 0.1) is 11.6 Å². The molecule has 0 fully saturated rings. The molecule has 0 atom stereocenters. The van der Waals surface area contributed by atoms with Crippen LogP contribution in [0.5, 0.6) is 0 Å². The summed E-state index contributed by atoms with van der Waals surface area (Å²) in [6.07, 6.45) is 1.40. The summed E-state index contributed by atoms with van der Waals surface area (Å²) >= 11 is 1.37. The molecule has 5 nitrogen and oxygen atoms in total. The van der Waals surface area contributed by atoms with Crippen molar-refractivity contribution in [2.24, 2.45) is 0 Å². The van der Waals surface area contributed by atoms with E-state index in [1.54, 1.807) is 11.4 Å². The number of carbonyl (C=O) groups excluding carboxylic acids is 1. The predicted molar refractivity (Wildman–Crippen MR) is 83.5 cm³/mol. The first-order valence-electron chi connectivity index (χ1n) is 6.72. The fourth-order valence-corrected chi connectivity index (χ4v) is 2.80. The van der Waals surface area contributed by atoms with E-state index in [0.717, 1.165) is 12.1 Å². The first-order valence-corrected chi connectivity index (χ1v) is 7.60. The SMILES string of the molecule is O=C(CCn1cnc2sccc2c1=O)Nc1ccc(F)c(F)c1. The Kier molecular flexibility index (Phi) is 4.16. The van der Waals surface area contributed by atoms with E-state index in [4.69, 9.17) is 0 Å². The Hall–Kier alpha value is -2.61. The molecular weight excluding hydrogens is 324 g/mol. The lowest BCUT2D eigenvalue weighted by Crippen LogP contribution is -2.23. The molecule has 2 heterocycles. The average molecular weight is 335 g/mol. The second-order valence-corrected chi connectivity index (χ2v) is 5.70. The van der Waals surface area contributed by atoms with Crippen molar-refractivity contribution in [1.82, 2.24) is 9.55 Å². The summed E-state index contributed by atoms with van der Waals surface area (Å²) in [7, 11) is 0. The molecule has 1 amide bonds. The summed E-state index contributed by atoms with van der Waals surface area (Å²) in [6.45, 7) is 0.146. The largest absolute Gasteiger partial charge is 0.326 e. The topological polar surface area (TPSA) is 64.0 Å². The average Bonchev–Trinajstić information content (AvgIpc) is 3.00. The maximum Gasteiger partial charge on any atom is 0.262 e. The summed E-state index contributed by atoms with van der Waals surface area (Å²) in [5, 5.41) is 4.74. The van der Waals surface area contributed by atoms with Gasteiger partial charge in [0, 0.05) is 24.7 Å². The fraction of sp³-hybridized carbons (Fsp3) is 0.133. The minimum Gasteiger partial charge on any atom is -0.326 e. The molecule has 0 saturated heterocycles. The van der Waals surface area contributed by atoms with Crippen molar-refractivity contribution in [3.05, 3.63) is 58.0 Å². The number of amides is 1. The third-order valence-corrected chi connectivity index (χ3v) is 4.05. The molecule has 3 aromatic rings. The minimum atomic E-state index is -1.04. The standard InChI is InChI=1S/C15H11F2N3O2S/c16-11-2-1-9(7-12(11)17)19-13(21)3-5-20-8-18-14-10(15(20)22)4-6-23-14/h1-2,4,6-8H,3,5H2,(H,19,21). The van der Waals surface area contributed by atoms with Crippen LogP contribution in [0.3, 0.4) is 0 Å². The van der Waals surface area contributed by atoms with Gasteiger partial charge >= 0.3 is 0 Å². The Morgan fingerprint density at radius 3 is 2.87 bits per heavy atom. The molecular formula is C15H11F2N3O2S. The summed E-state index contributed by atoms with van der Waals surface area (Å²) in [5.41, 5.74) is -0.0514. The molecule has 1 aromatic carbocycles. The van der Waals surface area contributed by atoms with Crippen molar-refractivity contribution in [2.45, 2.75) is 13.0 Å². The van der Waals surface area contributed by atoms with Crippen LogP contribution in [0.4, 0.5) is 14.5 Å². The number of aryl methyl sites for hydroxylation is 1. The van der Waals surface area contributed by atoms with E-state index in [9.17, 15) is 18.4 Å². The number of fused-ring (bicyclic) bond motifs is 1. The number of nitrogens with one attached hydrogen (secondary N) is 1. The van der Waals surface area contributed by atoms with Crippen LogP contribution < -0.4 is 10.9 Å². The smallest absolute Gasteiger partial charge is 0.262 e. The summed E-state index contributed by atoms with van der Waals surface area (Å²) in [4.78, 5) is 28.8. The monoisotopic (exact) mass is 335 g/mol. The highest BCUT2D eigenvalue weighted by Crippen LogP contribution is 2.14. The van der Waals surface area contributed by atoms with Crippen molar-refractivity contribution in [2.75, 3.05) is 5.32 Å². The van der Waals surface area contributed by atoms with Gasteiger partial charge in [-0.05, 0) is 23.6 Å². The zero-order valence-electron chi connectivity index (χ0n) is 11.8. The van der Waals surface area contributed by atoms with Gasteiger partial charge in [0.1, 0.15) is 4.83 Å². The highest BCUT2D eigenvalue weighted by molar-refractivity contribution is 7.16. The Labute approximate surface area is 133 Å². The Balaban J connectivity index is 1.67. The first-order chi connectivity index (χ1) is 11.0. The van der Waals surface area contributed by atoms with E-state index in [-0.39, 0.29) is 24.2 Å². The summed E-state index contributed by atoms with van der Waals surface area (Å²) < 4.78 is 27.2. The maximum atomic E-state index is 13.1. The minimum absolute atomic E-state index is 0.0101. The molecule has 8 heteroatoms. The van der Waals surface area contributed by atoms with Crippen LogP contribution in [0.1, 0.15) is 6.42 Å². The van der Waals surface area contributed by atoms with E-state index in [1.807, 2.05) is 0 Å². The van der Waals surface area contributed by atoms with Gasteiger partial charge in [-0.15, -0.1) is 11.3 Å². The summed E-state index contributed by atoms with van der Waals surface area (Å²) in [5.74, 6) is -2.43. The van der Waals surface area contributed by atoms with Crippen LogP contribution in [0.2, 0.25) is 0 Å². The van der Waals surface area contributed by atoms with Gasteiger partial charge in [-0.25, -0.2) is 13.8 Å². The zero-order valence-corrected chi connectivity index (χ0v) is 12.6. The molecule has 0 aliphatic rings. The van der Waals surface area contributed by atoms with Crippen LogP contribution in [0.25, 0.3) is 10.2 Å². The van der Waals surface area contributed by atoms with Crippen LogP contribution in [-0.4, -0.2) is 15.5 Å². The van der Waals surface area contributed by atoms with Crippen molar-refractivity contribution in [3.8, 4) is 0 Å². The number of hydrogen-bond donors (Lipinski definition) is 1. The van der Waals surface area contributed by atoms with Crippen LogP contribution in [0.15, 0.2) is 40.8 Å². The third kappa shape index (κ3) is 3.26. The predicted octanol–water partition coefficient (Wildman–Crippen LogP) is 2.77. The molecule has 23 heavy (non-hydrogen) atoms. The van der Waals surface area contributed by atoms with E-state index < -0.39 is 17.5 Å². The van der Waals surface area contributed by atoms with E-state index in [0.29, 0.717) is 10.2 Å². The van der Waals surface area contributed by atoms with Gasteiger partial charge in [-0.1, -0.05) is 0 Å². The molecule has 1 N–H and O–H groups in total. The number of aromatic nitrogens is 2. The number of carbonyl (C=O) groups is 1. The molecule has 0 radical (unpaired) electrons. The third-order valence-electron chi connectivity index (χ3n) is 3.23. The van der Waals surface area contributed by atoms with Crippen molar-refractivity contribution in [3.63, 3.8) is 0 Å². The number of benzene rings is 1. The highest BCUT2D eigenvalue weighted by Gasteiger charge is 2.09. The van der Waals surface area contributed by atoms with Gasteiger partial charge in [0.25, 0.3) is 5.56 Å². The maximum absolute atomic E-state index is 13.1. The lowest BCUT2D eigenvalue weighted by Gasteiger charge is -2.07. The number of halogens is 2. The number of thiophene rings is 1. The van der Waals surface area contributed by atoms with Crippen LogP contribution in [-0.2, 0) is 11.3 Å². The Morgan fingerprint density at radius 1 is 1.26 bits per heavy atom. The molecule has 0 aliphatic heterocycles. The van der Waals surface area contributed by atoms with Crippen molar-refractivity contribution in [1.29, 1.82) is 0 Å². The zero-order chi connectivity index (χ0) is 16.4. The van der Waals surface area contributed by atoms with E-state index >= 15 is 0 Å². The number of anilines is 1. The van der Waals surface area contributed by atoms with E-state index in [2.05, 4.69) is 10.3 Å². The lowest BCUT2D eigenvalue weighted by atomic mass is 10.3. The quantitative estimate of drug-likeness (QED) is 0.797. The number of hydrogen-bond acceptors (Lipinski definition) is 4.